The maximum atomic E-state index is 12.5. The van der Waals surface area contributed by atoms with E-state index < -0.39 is 12.0 Å². The number of aliphatic hydroxyl groups is 1. The van der Waals surface area contributed by atoms with Gasteiger partial charge >= 0.3 is 6.36 Å². The molecule has 1 aliphatic carbocycles. The summed E-state index contributed by atoms with van der Waals surface area (Å²) in [6.07, 6.45) is -1.58. The Morgan fingerprint density at radius 2 is 1.77 bits per heavy atom. The topological polar surface area (TPSA) is 59.3 Å². The predicted molar refractivity (Wildman–Crippen MR) is 132 cm³/mol. The molecule has 0 spiro atoms. The minimum Gasteiger partial charge on any atom is -0.406 e. The molecule has 2 aromatic carbocycles. The van der Waals surface area contributed by atoms with Crippen molar-refractivity contribution in [2.75, 3.05) is 5.32 Å². The highest BCUT2D eigenvalue weighted by Crippen LogP contribution is 2.46. The van der Waals surface area contributed by atoms with Crippen LogP contribution in [0.3, 0.4) is 0 Å². The van der Waals surface area contributed by atoms with Crippen LogP contribution in [0.2, 0.25) is 0 Å². The number of imidazole rings is 1. The Balaban J connectivity index is 1.78. The van der Waals surface area contributed by atoms with E-state index in [9.17, 15) is 18.3 Å². The van der Waals surface area contributed by atoms with Gasteiger partial charge in [0.05, 0.1) is 16.6 Å². The van der Waals surface area contributed by atoms with Crippen molar-refractivity contribution in [1.29, 1.82) is 0 Å². The molecule has 0 saturated heterocycles. The molecule has 0 unspecified atom stereocenters. The summed E-state index contributed by atoms with van der Waals surface area (Å²) in [7, 11) is 0. The third kappa shape index (κ3) is 5.74. The van der Waals surface area contributed by atoms with Gasteiger partial charge in [-0.1, -0.05) is 20.8 Å². The fraction of sp³-hybridized carbons (Fsp3) is 0.519. The molecule has 1 heterocycles. The summed E-state index contributed by atoms with van der Waals surface area (Å²) in [5.74, 6) is 0.904. The minimum absolute atomic E-state index is 0.175. The zero-order valence-electron chi connectivity index (χ0n) is 21.1. The number of aryl methyl sites for hydroxylation is 1. The molecule has 0 radical (unpaired) electrons. The van der Waals surface area contributed by atoms with Crippen LogP contribution in [0.5, 0.6) is 5.75 Å². The first-order valence-corrected chi connectivity index (χ1v) is 12.0. The molecule has 0 aliphatic heterocycles. The van der Waals surface area contributed by atoms with E-state index in [2.05, 4.69) is 41.5 Å². The fourth-order valence-electron chi connectivity index (χ4n) is 5.72. The van der Waals surface area contributed by atoms with Gasteiger partial charge in [0, 0.05) is 11.7 Å². The average molecular weight is 490 g/mol. The molecule has 4 rings (SSSR count). The largest absolute Gasteiger partial charge is 0.573 e. The number of benzene rings is 2. The number of ether oxygens (including phenoxy) is 1. The monoisotopic (exact) mass is 489 g/mol. The summed E-state index contributed by atoms with van der Waals surface area (Å²) in [6.45, 7) is 12.4. The smallest absolute Gasteiger partial charge is 0.406 e. The van der Waals surface area contributed by atoms with Gasteiger partial charge in [0.2, 0.25) is 5.95 Å². The first kappa shape index (κ1) is 25.4. The van der Waals surface area contributed by atoms with E-state index in [-0.39, 0.29) is 17.2 Å². The highest BCUT2D eigenvalue weighted by atomic mass is 19.4. The van der Waals surface area contributed by atoms with Crippen LogP contribution >= 0.6 is 0 Å². The highest BCUT2D eigenvalue weighted by Gasteiger charge is 2.35. The third-order valence-corrected chi connectivity index (χ3v) is 6.77. The van der Waals surface area contributed by atoms with Gasteiger partial charge in [0.25, 0.3) is 0 Å². The van der Waals surface area contributed by atoms with Gasteiger partial charge in [0.1, 0.15) is 5.75 Å². The van der Waals surface area contributed by atoms with Gasteiger partial charge in [0.15, 0.2) is 0 Å². The van der Waals surface area contributed by atoms with Crippen LogP contribution in [-0.2, 0) is 5.60 Å². The molecular formula is C27H34F3N3O2. The Kier molecular flexibility index (Phi) is 6.32. The van der Waals surface area contributed by atoms with E-state index >= 15 is 0 Å². The Labute approximate surface area is 204 Å². The number of nitrogens with one attached hydrogen (secondary N) is 1. The van der Waals surface area contributed by atoms with Crippen molar-refractivity contribution < 1.29 is 23.0 Å². The van der Waals surface area contributed by atoms with Gasteiger partial charge in [-0.3, -0.25) is 0 Å². The summed E-state index contributed by atoms with van der Waals surface area (Å²) >= 11 is 0. The van der Waals surface area contributed by atoms with Crippen LogP contribution in [0.4, 0.5) is 24.8 Å². The molecule has 1 aromatic heterocycles. The lowest BCUT2D eigenvalue weighted by atomic mass is 9.70. The lowest BCUT2D eigenvalue weighted by Gasteiger charge is -2.40. The lowest BCUT2D eigenvalue weighted by Crippen LogP contribution is -2.29. The number of halogens is 3. The molecule has 190 valence electrons. The van der Waals surface area contributed by atoms with Crippen molar-refractivity contribution in [3.8, 4) is 5.75 Å². The number of anilines is 2. The molecule has 5 nitrogen and oxygen atoms in total. The van der Waals surface area contributed by atoms with Crippen molar-refractivity contribution >= 4 is 22.7 Å². The third-order valence-electron chi connectivity index (χ3n) is 6.77. The number of alkyl halides is 3. The molecule has 1 fully saturated rings. The maximum Gasteiger partial charge on any atom is 0.573 e. The molecule has 0 amide bonds. The minimum atomic E-state index is -4.73. The van der Waals surface area contributed by atoms with Crippen LogP contribution in [0.1, 0.15) is 71.0 Å². The second-order valence-corrected chi connectivity index (χ2v) is 11.3. The SMILES string of the molecule is Cc1cc2c(cc1C(C)(C)O)nc(Nc1ccc(OC(F)(F)F)cc1)n2[C@@H]1C[C@H](C)CC(C)(C)C1. The van der Waals surface area contributed by atoms with E-state index in [1.807, 2.05) is 13.0 Å². The van der Waals surface area contributed by atoms with E-state index in [1.54, 1.807) is 26.0 Å². The maximum absolute atomic E-state index is 12.5. The van der Waals surface area contributed by atoms with Crippen molar-refractivity contribution in [2.45, 2.75) is 78.8 Å². The molecule has 2 atom stereocenters. The summed E-state index contributed by atoms with van der Waals surface area (Å²) in [5, 5.41) is 14.0. The van der Waals surface area contributed by atoms with Crippen molar-refractivity contribution in [3.63, 3.8) is 0 Å². The number of hydrogen-bond acceptors (Lipinski definition) is 4. The van der Waals surface area contributed by atoms with Crippen molar-refractivity contribution in [2.24, 2.45) is 11.3 Å². The van der Waals surface area contributed by atoms with Crippen molar-refractivity contribution in [3.05, 3.63) is 47.5 Å². The van der Waals surface area contributed by atoms with Crippen LogP contribution in [0, 0.1) is 18.3 Å². The second-order valence-electron chi connectivity index (χ2n) is 11.3. The number of nitrogens with zero attached hydrogens (tertiary/aromatic N) is 2. The Morgan fingerprint density at radius 3 is 2.34 bits per heavy atom. The van der Waals surface area contributed by atoms with E-state index in [0.29, 0.717) is 17.6 Å². The van der Waals surface area contributed by atoms with Gasteiger partial charge in [-0.2, -0.15) is 0 Å². The van der Waals surface area contributed by atoms with E-state index in [4.69, 9.17) is 4.98 Å². The quantitative estimate of drug-likeness (QED) is 0.387. The predicted octanol–water partition coefficient (Wildman–Crippen LogP) is 7.60. The summed E-state index contributed by atoms with van der Waals surface area (Å²) < 4.78 is 43.8. The van der Waals surface area contributed by atoms with E-state index in [1.165, 1.54) is 12.1 Å². The van der Waals surface area contributed by atoms with Crippen LogP contribution in [0.15, 0.2) is 36.4 Å². The first-order valence-electron chi connectivity index (χ1n) is 12.0. The Bertz CT molecular complexity index is 1210. The second kappa shape index (κ2) is 8.73. The number of rotatable bonds is 5. The Hall–Kier alpha value is -2.74. The summed E-state index contributed by atoms with van der Waals surface area (Å²) in [6, 6.07) is 9.88. The lowest BCUT2D eigenvalue weighted by molar-refractivity contribution is -0.274. The first-order chi connectivity index (χ1) is 16.1. The van der Waals surface area contributed by atoms with Gasteiger partial charge in [-0.25, -0.2) is 4.98 Å². The zero-order valence-corrected chi connectivity index (χ0v) is 21.1. The normalized spacial score (nSPS) is 20.7. The summed E-state index contributed by atoms with van der Waals surface area (Å²) in [5.41, 5.74) is 3.31. The number of aromatic nitrogens is 2. The average Bonchev–Trinajstić information content (AvgIpc) is 3.02. The van der Waals surface area contributed by atoms with Crippen LogP contribution in [-0.4, -0.2) is 21.0 Å². The fourth-order valence-corrected chi connectivity index (χ4v) is 5.72. The number of hydrogen-bond donors (Lipinski definition) is 2. The van der Waals surface area contributed by atoms with Gasteiger partial charge < -0.3 is 19.7 Å². The molecule has 8 heteroatoms. The summed E-state index contributed by atoms with van der Waals surface area (Å²) in [4.78, 5) is 4.88. The molecule has 1 saturated carbocycles. The van der Waals surface area contributed by atoms with E-state index in [0.717, 1.165) is 41.4 Å². The van der Waals surface area contributed by atoms with Crippen LogP contribution in [0.25, 0.3) is 11.0 Å². The molecule has 1 aliphatic rings. The molecular weight excluding hydrogens is 455 g/mol. The molecule has 2 N–H and O–H groups in total. The molecule has 3 aromatic rings. The van der Waals surface area contributed by atoms with Crippen LogP contribution < -0.4 is 10.1 Å². The number of fused-ring (bicyclic) bond motifs is 1. The Morgan fingerprint density at radius 1 is 1.11 bits per heavy atom. The molecule has 35 heavy (non-hydrogen) atoms. The van der Waals surface area contributed by atoms with Crippen molar-refractivity contribution in [1.82, 2.24) is 9.55 Å². The van der Waals surface area contributed by atoms with Gasteiger partial charge in [-0.05, 0) is 98.9 Å². The van der Waals surface area contributed by atoms with Gasteiger partial charge in [-0.15, -0.1) is 13.2 Å². The molecule has 0 bridgehead atoms. The highest BCUT2D eigenvalue weighted by molar-refractivity contribution is 5.82. The zero-order chi connectivity index (χ0) is 25.8. The standard InChI is InChI=1S/C27H34F3N3O2/c1-16-11-19(15-25(3,4)14-16)33-23-12-17(2)21(26(5,6)34)13-22(23)32-24(33)31-18-7-9-20(10-8-18)35-27(28,29)30/h7-10,12-13,16,19,34H,11,14-15H2,1-6H3,(H,31,32)/t16-,19+/m0/s1.